The summed E-state index contributed by atoms with van der Waals surface area (Å²) in [5, 5.41) is 2.55. The summed E-state index contributed by atoms with van der Waals surface area (Å²) in [4.78, 5) is 11.5. The Bertz CT molecular complexity index is 612. The van der Waals surface area contributed by atoms with Crippen LogP contribution < -0.4 is 5.32 Å². The van der Waals surface area contributed by atoms with Crippen molar-refractivity contribution in [2.75, 3.05) is 33.4 Å². The number of ether oxygens (including phenoxy) is 1. The summed E-state index contributed by atoms with van der Waals surface area (Å²) in [6.07, 6.45) is 0. The van der Waals surface area contributed by atoms with Crippen LogP contribution in [-0.2, 0) is 14.8 Å². The molecule has 1 aliphatic rings. The first-order chi connectivity index (χ1) is 9.46. The molecule has 20 heavy (non-hydrogen) atoms. The second-order valence-electron chi connectivity index (χ2n) is 4.24. The van der Waals surface area contributed by atoms with Gasteiger partial charge < -0.3 is 10.1 Å². The van der Waals surface area contributed by atoms with Gasteiger partial charge in [-0.1, -0.05) is 11.6 Å². The molecule has 0 atom stereocenters. The van der Waals surface area contributed by atoms with Crippen LogP contribution in [0, 0.1) is 0 Å². The highest BCUT2D eigenvalue weighted by molar-refractivity contribution is 7.89. The molecular weight excluding hydrogens is 304 g/mol. The Labute approximate surface area is 122 Å². The third-order valence-electron chi connectivity index (χ3n) is 3.01. The van der Waals surface area contributed by atoms with E-state index in [4.69, 9.17) is 16.3 Å². The van der Waals surface area contributed by atoms with Crippen molar-refractivity contribution < 1.29 is 17.9 Å². The van der Waals surface area contributed by atoms with Crippen LogP contribution in [0.15, 0.2) is 23.1 Å². The van der Waals surface area contributed by atoms with E-state index >= 15 is 0 Å². The summed E-state index contributed by atoms with van der Waals surface area (Å²) in [5.41, 5.74) is 0.253. The Hall–Kier alpha value is -1.15. The lowest BCUT2D eigenvalue weighted by Gasteiger charge is -2.26. The zero-order valence-corrected chi connectivity index (χ0v) is 12.5. The van der Waals surface area contributed by atoms with Gasteiger partial charge in [-0.2, -0.15) is 4.31 Å². The average Bonchev–Trinajstić information content (AvgIpc) is 2.47. The van der Waals surface area contributed by atoms with Gasteiger partial charge >= 0.3 is 0 Å². The molecule has 1 aromatic rings. The summed E-state index contributed by atoms with van der Waals surface area (Å²) in [6, 6.07) is 4.20. The second kappa shape index (κ2) is 6.09. The molecule has 8 heteroatoms. The lowest BCUT2D eigenvalue weighted by molar-refractivity contribution is 0.0730. The lowest BCUT2D eigenvalue weighted by atomic mass is 10.2. The molecule has 0 aromatic heterocycles. The van der Waals surface area contributed by atoms with Crippen molar-refractivity contribution >= 4 is 27.5 Å². The number of sulfonamides is 1. The highest BCUT2D eigenvalue weighted by Crippen LogP contribution is 2.26. The number of carbonyl (C=O) groups is 1. The minimum Gasteiger partial charge on any atom is -0.379 e. The van der Waals surface area contributed by atoms with E-state index in [1.165, 1.54) is 29.6 Å². The molecule has 0 radical (unpaired) electrons. The molecule has 1 amide bonds. The maximum atomic E-state index is 12.5. The van der Waals surface area contributed by atoms with Gasteiger partial charge in [0.15, 0.2) is 0 Å². The van der Waals surface area contributed by atoms with Crippen LogP contribution in [0.4, 0.5) is 0 Å². The van der Waals surface area contributed by atoms with Gasteiger partial charge in [-0.3, -0.25) is 4.79 Å². The number of nitrogens with zero attached hydrogens (tertiary/aromatic N) is 1. The lowest BCUT2D eigenvalue weighted by Crippen LogP contribution is -2.40. The smallest absolute Gasteiger partial charge is 0.251 e. The number of carbonyl (C=O) groups excluding carboxylic acids is 1. The van der Waals surface area contributed by atoms with Gasteiger partial charge in [-0.15, -0.1) is 0 Å². The first-order valence-corrected chi connectivity index (χ1v) is 7.88. The average molecular weight is 319 g/mol. The Kier molecular flexibility index (Phi) is 4.64. The standard InChI is InChI=1S/C12H15ClN2O4S/c1-14-12(16)9-2-3-10(13)11(8-9)20(17,18)15-4-6-19-7-5-15/h2-3,8H,4-7H2,1H3,(H,14,16). The highest BCUT2D eigenvalue weighted by Gasteiger charge is 2.28. The van der Waals surface area contributed by atoms with E-state index < -0.39 is 10.0 Å². The van der Waals surface area contributed by atoms with Crippen LogP contribution in [0.3, 0.4) is 0 Å². The molecule has 1 aromatic carbocycles. The van der Waals surface area contributed by atoms with Crippen molar-refractivity contribution in [2.24, 2.45) is 0 Å². The molecule has 110 valence electrons. The molecule has 0 bridgehead atoms. The summed E-state index contributed by atoms with van der Waals surface area (Å²) in [6.45, 7) is 1.27. The molecule has 0 saturated carbocycles. The van der Waals surface area contributed by atoms with Gasteiger partial charge in [0.1, 0.15) is 4.90 Å². The van der Waals surface area contributed by atoms with Gasteiger partial charge in [0.05, 0.1) is 18.2 Å². The third-order valence-corrected chi connectivity index (χ3v) is 5.39. The fourth-order valence-electron chi connectivity index (χ4n) is 1.91. The van der Waals surface area contributed by atoms with E-state index in [-0.39, 0.29) is 34.5 Å². The van der Waals surface area contributed by atoms with E-state index in [0.29, 0.717) is 13.2 Å². The molecule has 1 saturated heterocycles. The van der Waals surface area contributed by atoms with Crippen molar-refractivity contribution in [3.8, 4) is 0 Å². The van der Waals surface area contributed by atoms with Crippen molar-refractivity contribution in [1.29, 1.82) is 0 Å². The van der Waals surface area contributed by atoms with Crippen LogP contribution in [0.25, 0.3) is 0 Å². The first kappa shape index (κ1) is 15.2. The van der Waals surface area contributed by atoms with Crippen molar-refractivity contribution in [1.82, 2.24) is 9.62 Å². The molecule has 1 aliphatic heterocycles. The maximum absolute atomic E-state index is 12.5. The molecule has 6 nitrogen and oxygen atoms in total. The largest absolute Gasteiger partial charge is 0.379 e. The molecule has 0 spiro atoms. The third kappa shape index (κ3) is 2.95. The Balaban J connectivity index is 2.42. The van der Waals surface area contributed by atoms with Crippen LogP contribution in [0.5, 0.6) is 0 Å². The summed E-state index contributed by atoms with van der Waals surface area (Å²) >= 11 is 5.98. The minimum atomic E-state index is -3.72. The zero-order valence-electron chi connectivity index (χ0n) is 10.9. The van der Waals surface area contributed by atoms with Gasteiger partial charge in [0.2, 0.25) is 10.0 Å². The van der Waals surface area contributed by atoms with Gasteiger partial charge in [-0.25, -0.2) is 8.42 Å². The fraction of sp³-hybridized carbons (Fsp3) is 0.417. The number of benzene rings is 1. The number of rotatable bonds is 3. The van der Waals surface area contributed by atoms with Crippen LogP contribution in [-0.4, -0.2) is 52.0 Å². The molecule has 1 fully saturated rings. The van der Waals surface area contributed by atoms with Crippen molar-refractivity contribution in [3.63, 3.8) is 0 Å². The van der Waals surface area contributed by atoms with E-state index in [9.17, 15) is 13.2 Å². The van der Waals surface area contributed by atoms with Crippen molar-refractivity contribution in [3.05, 3.63) is 28.8 Å². The van der Waals surface area contributed by atoms with Crippen LogP contribution in [0.2, 0.25) is 5.02 Å². The molecule has 0 aliphatic carbocycles. The normalized spacial score (nSPS) is 16.9. The van der Waals surface area contributed by atoms with Crippen LogP contribution in [0.1, 0.15) is 10.4 Å². The number of halogens is 1. The summed E-state index contributed by atoms with van der Waals surface area (Å²) in [5.74, 6) is -0.361. The molecule has 1 heterocycles. The topological polar surface area (TPSA) is 75.7 Å². The zero-order chi connectivity index (χ0) is 14.8. The molecule has 2 rings (SSSR count). The predicted molar refractivity (Wildman–Crippen MR) is 74.4 cm³/mol. The summed E-state index contributed by atoms with van der Waals surface area (Å²) in [7, 11) is -2.24. The van der Waals surface area contributed by atoms with E-state index in [2.05, 4.69) is 5.32 Å². The number of morpholine rings is 1. The molecule has 1 N–H and O–H groups in total. The highest BCUT2D eigenvalue weighted by atomic mass is 35.5. The van der Waals surface area contributed by atoms with E-state index in [1.54, 1.807) is 0 Å². The molecular formula is C12H15ClN2O4S. The van der Waals surface area contributed by atoms with Crippen molar-refractivity contribution in [2.45, 2.75) is 4.90 Å². The SMILES string of the molecule is CNC(=O)c1ccc(Cl)c(S(=O)(=O)N2CCOCC2)c1. The number of hydrogen-bond acceptors (Lipinski definition) is 4. The quantitative estimate of drug-likeness (QED) is 0.891. The molecule has 0 unspecified atom stereocenters. The van der Waals surface area contributed by atoms with Crippen LogP contribution >= 0.6 is 11.6 Å². The van der Waals surface area contributed by atoms with Gasteiger partial charge in [0, 0.05) is 25.7 Å². The van der Waals surface area contributed by atoms with Gasteiger partial charge in [0.25, 0.3) is 5.91 Å². The Morgan fingerprint density at radius 1 is 1.35 bits per heavy atom. The first-order valence-electron chi connectivity index (χ1n) is 6.06. The number of amides is 1. The van der Waals surface area contributed by atoms with Gasteiger partial charge in [-0.05, 0) is 18.2 Å². The second-order valence-corrected chi connectivity index (χ2v) is 6.55. The monoisotopic (exact) mass is 318 g/mol. The fourth-order valence-corrected chi connectivity index (χ4v) is 3.82. The number of nitrogens with one attached hydrogen (secondary N) is 1. The Morgan fingerprint density at radius 2 is 2.00 bits per heavy atom. The Morgan fingerprint density at radius 3 is 2.60 bits per heavy atom. The predicted octanol–water partition coefficient (Wildman–Crippen LogP) is 0.720. The summed E-state index contributed by atoms with van der Waals surface area (Å²) < 4.78 is 31.5. The van der Waals surface area contributed by atoms with E-state index in [1.807, 2.05) is 0 Å². The maximum Gasteiger partial charge on any atom is 0.251 e. The minimum absolute atomic E-state index is 0.0535. The van der Waals surface area contributed by atoms with E-state index in [0.717, 1.165) is 0 Å². The number of hydrogen-bond donors (Lipinski definition) is 1.